The summed E-state index contributed by atoms with van der Waals surface area (Å²) >= 11 is 0. The molecular weight excluding hydrogens is 196 g/mol. The van der Waals surface area contributed by atoms with E-state index in [0.29, 0.717) is 11.6 Å². The molecule has 3 atom stereocenters. The van der Waals surface area contributed by atoms with Crippen LogP contribution in [0.15, 0.2) is 0 Å². The van der Waals surface area contributed by atoms with Gasteiger partial charge in [-0.05, 0) is 32.6 Å². The summed E-state index contributed by atoms with van der Waals surface area (Å²) < 4.78 is 0. The van der Waals surface area contributed by atoms with Gasteiger partial charge in [-0.2, -0.15) is 0 Å². The number of piperazine rings is 1. The molecule has 1 fully saturated rings. The van der Waals surface area contributed by atoms with Crippen molar-refractivity contribution >= 4 is 0 Å². The lowest BCUT2D eigenvalue weighted by Gasteiger charge is -2.49. The smallest absolute Gasteiger partial charge is 0.0278 e. The molecule has 0 aromatic rings. The highest BCUT2D eigenvalue weighted by Crippen LogP contribution is 2.25. The number of nitrogens with one attached hydrogen (secondary N) is 1. The van der Waals surface area contributed by atoms with Crippen molar-refractivity contribution in [3.05, 3.63) is 0 Å². The van der Waals surface area contributed by atoms with Crippen LogP contribution in [0.4, 0.5) is 0 Å². The van der Waals surface area contributed by atoms with Gasteiger partial charge in [0, 0.05) is 30.7 Å². The highest BCUT2D eigenvalue weighted by Gasteiger charge is 2.36. The number of nitrogens with zero attached hydrogens (tertiary/aromatic N) is 1. The minimum atomic E-state index is 0.314. The monoisotopic (exact) mass is 226 g/mol. The number of rotatable bonds is 4. The molecule has 3 unspecified atom stereocenters. The van der Waals surface area contributed by atoms with Crippen molar-refractivity contribution < 1.29 is 0 Å². The Morgan fingerprint density at radius 2 is 2.00 bits per heavy atom. The van der Waals surface area contributed by atoms with E-state index >= 15 is 0 Å². The largest absolute Gasteiger partial charge is 0.309 e. The fraction of sp³-hybridized carbons (Fsp3) is 1.00. The van der Waals surface area contributed by atoms with Crippen LogP contribution in [0, 0.1) is 5.92 Å². The third-order valence-corrected chi connectivity index (χ3v) is 4.32. The number of hydrogen-bond donors (Lipinski definition) is 1. The van der Waals surface area contributed by atoms with Gasteiger partial charge in [0.2, 0.25) is 0 Å². The van der Waals surface area contributed by atoms with Gasteiger partial charge in [0.05, 0.1) is 0 Å². The van der Waals surface area contributed by atoms with E-state index in [1.165, 1.54) is 19.4 Å². The second-order valence-corrected chi connectivity index (χ2v) is 6.04. The molecule has 0 spiro atoms. The Balaban J connectivity index is 2.75. The van der Waals surface area contributed by atoms with Crippen LogP contribution in [0.5, 0.6) is 0 Å². The first kappa shape index (κ1) is 14.0. The lowest BCUT2D eigenvalue weighted by atomic mass is 9.89. The highest BCUT2D eigenvalue weighted by molar-refractivity contribution is 4.95. The van der Waals surface area contributed by atoms with Gasteiger partial charge in [0.15, 0.2) is 0 Å². The molecule has 2 heteroatoms. The molecule has 0 radical (unpaired) electrons. The summed E-state index contributed by atoms with van der Waals surface area (Å²) in [5.74, 6) is 0.756. The maximum Gasteiger partial charge on any atom is 0.0278 e. The Labute approximate surface area is 102 Å². The van der Waals surface area contributed by atoms with Crippen molar-refractivity contribution in [3.63, 3.8) is 0 Å². The molecule has 0 aliphatic carbocycles. The van der Waals surface area contributed by atoms with Gasteiger partial charge in [0.1, 0.15) is 0 Å². The van der Waals surface area contributed by atoms with Gasteiger partial charge >= 0.3 is 0 Å². The molecule has 96 valence electrons. The summed E-state index contributed by atoms with van der Waals surface area (Å²) in [7, 11) is 0. The summed E-state index contributed by atoms with van der Waals surface area (Å²) in [6.07, 6.45) is 2.48. The maximum atomic E-state index is 3.70. The first-order valence-electron chi connectivity index (χ1n) is 6.94. The molecule has 0 bridgehead atoms. The SMILES string of the molecule is CCC(C(C)C)N1CC(C)(CC)NCC1C. The average molecular weight is 226 g/mol. The van der Waals surface area contributed by atoms with Crippen molar-refractivity contribution in [3.8, 4) is 0 Å². The first-order chi connectivity index (χ1) is 7.43. The van der Waals surface area contributed by atoms with E-state index in [4.69, 9.17) is 0 Å². The summed E-state index contributed by atoms with van der Waals surface area (Å²) in [5.41, 5.74) is 0.314. The standard InChI is InChI=1S/C14H30N2/c1-7-13(11(3)4)16-10-14(6,8-2)15-9-12(16)5/h11-13,15H,7-10H2,1-6H3. The lowest BCUT2D eigenvalue weighted by molar-refractivity contribution is 0.0334. The van der Waals surface area contributed by atoms with Gasteiger partial charge in [-0.3, -0.25) is 4.90 Å². The van der Waals surface area contributed by atoms with E-state index in [1.54, 1.807) is 0 Å². The fourth-order valence-electron chi connectivity index (χ4n) is 2.90. The second-order valence-electron chi connectivity index (χ2n) is 6.04. The topological polar surface area (TPSA) is 15.3 Å². The van der Waals surface area contributed by atoms with Crippen LogP contribution < -0.4 is 5.32 Å². The Bertz CT molecular complexity index is 215. The van der Waals surface area contributed by atoms with Crippen LogP contribution in [0.25, 0.3) is 0 Å². The van der Waals surface area contributed by atoms with Gasteiger partial charge in [-0.15, -0.1) is 0 Å². The molecule has 16 heavy (non-hydrogen) atoms. The molecule has 1 aliphatic rings. The van der Waals surface area contributed by atoms with E-state index in [-0.39, 0.29) is 0 Å². The third-order valence-electron chi connectivity index (χ3n) is 4.32. The summed E-state index contributed by atoms with van der Waals surface area (Å²) in [4.78, 5) is 2.73. The molecule has 0 amide bonds. The van der Waals surface area contributed by atoms with Crippen molar-refractivity contribution in [1.82, 2.24) is 10.2 Å². The molecule has 1 N–H and O–H groups in total. The molecule has 1 aliphatic heterocycles. The van der Waals surface area contributed by atoms with E-state index in [1.807, 2.05) is 0 Å². The average Bonchev–Trinajstić information content (AvgIpc) is 2.24. The quantitative estimate of drug-likeness (QED) is 0.793. The van der Waals surface area contributed by atoms with Crippen LogP contribution in [0.2, 0.25) is 0 Å². The van der Waals surface area contributed by atoms with Crippen LogP contribution in [-0.2, 0) is 0 Å². The fourth-order valence-corrected chi connectivity index (χ4v) is 2.90. The molecule has 2 nitrogen and oxygen atoms in total. The van der Waals surface area contributed by atoms with E-state index < -0.39 is 0 Å². The maximum absolute atomic E-state index is 3.70. The Hall–Kier alpha value is -0.0800. The van der Waals surface area contributed by atoms with Crippen molar-refractivity contribution in [2.75, 3.05) is 13.1 Å². The van der Waals surface area contributed by atoms with Crippen LogP contribution >= 0.6 is 0 Å². The van der Waals surface area contributed by atoms with Crippen molar-refractivity contribution in [2.24, 2.45) is 5.92 Å². The zero-order valence-corrected chi connectivity index (χ0v) is 12.0. The van der Waals surface area contributed by atoms with Crippen LogP contribution in [0.3, 0.4) is 0 Å². The van der Waals surface area contributed by atoms with Crippen LogP contribution in [-0.4, -0.2) is 35.6 Å². The Morgan fingerprint density at radius 3 is 2.44 bits per heavy atom. The lowest BCUT2D eigenvalue weighted by Crippen LogP contribution is -2.64. The molecule has 1 rings (SSSR count). The van der Waals surface area contributed by atoms with Gasteiger partial charge in [0.25, 0.3) is 0 Å². The first-order valence-corrected chi connectivity index (χ1v) is 6.94. The molecule has 0 saturated carbocycles. The molecule has 1 saturated heterocycles. The minimum absolute atomic E-state index is 0.314. The second kappa shape index (κ2) is 5.50. The zero-order valence-electron chi connectivity index (χ0n) is 12.0. The zero-order chi connectivity index (χ0) is 12.3. The molecule has 1 heterocycles. The predicted molar refractivity (Wildman–Crippen MR) is 71.8 cm³/mol. The molecule has 0 aromatic carbocycles. The van der Waals surface area contributed by atoms with Crippen molar-refractivity contribution in [2.45, 2.75) is 72.0 Å². The minimum Gasteiger partial charge on any atom is -0.309 e. The Morgan fingerprint density at radius 1 is 1.38 bits per heavy atom. The van der Waals surface area contributed by atoms with Gasteiger partial charge in [-0.25, -0.2) is 0 Å². The Kier molecular flexibility index (Phi) is 4.81. The van der Waals surface area contributed by atoms with Crippen LogP contribution in [0.1, 0.15) is 54.4 Å². The van der Waals surface area contributed by atoms with E-state index in [2.05, 4.69) is 51.8 Å². The normalized spacial score (nSPS) is 34.3. The van der Waals surface area contributed by atoms with Crippen molar-refractivity contribution in [1.29, 1.82) is 0 Å². The molecule has 0 aromatic heterocycles. The van der Waals surface area contributed by atoms with E-state index in [0.717, 1.165) is 18.5 Å². The van der Waals surface area contributed by atoms with E-state index in [9.17, 15) is 0 Å². The van der Waals surface area contributed by atoms with Gasteiger partial charge < -0.3 is 5.32 Å². The number of hydrogen-bond acceptors (Lipinski definition) is 2. The third kappa shape index (κ3) is 2.98. The summed E-state index contributed by atoms with van der Waals surface area (Å²) in [6.45, 7) is 16.4. The van der Waals surface area contributed by atoms with Gasteiger partial charge in [-0.1, -0.05) is 27.7 Å². The predicted octanol–water partition coefficient (Wildman–Crippen LogP) is 2.88. The highest BCUT2D eigenvalue weighted by atomic mass is 15.3. The summed E-state index contributed by atoms with van der Waals surface area (Å²) in [5, 5.41) is 3.70. The molecular formula is C14H30N2. The summed E-state index contributed by atoms with van der Waals surface area (Å²) in [6, 6.07) is 1.41.